The number of ketones is 1. The first kappa shape index (κ1) is 13.9. The zero-order valence-electron chi connectivity index (χ0n) is 10.5. The number of hydrogen-bond donors (Lipinski definition) is 0. The van der Waals surface area contributed by atoms with E-state index >= 15 is 0 Å². The lowest BCUT2D eigenvalue weighted by Crippen LogP contribution is -2.13. The van der Waals surface area contributed by atoms with Crippen molar-refractivity contribution in [3.63, 3.8) is 0 Å². The molecule has 0 amide bonds. The van der Waals surface area contributed by atoms with Crippen molar-refractivity contribution in [2.45, 2.75) is 17.5 Å². The molecule has 1 aromatic carbocycles. The predicted molar refractivity (Wildman–Crippen MR) is 72.0 cm³/mol. The van der Waals surface area contributed by atoms with Gasteiger partial charge in [-0.3, -0.25) is 4.79 Å². The standard InChI is InChI=1S/C14H8F3NO2S/c15-14(16,17)10-5-2-4-9-12-8(3-1-6-11(12)19)7-18-21(20)13(9)10/h1-5,7H,6H2. The monoisotopic (exact) mass is 311 g/mol. The summed E-state index contributed by atoms with van der Waals surface area (Å²) in [6.45, 7) is 0. The van der Waals surface area contributed by atoms with Crippen LogP contribution in [0.4, 0.5) is 13.2 Å². The average Bonchev–Trinajstić information content (AvgIpc) is 2.56. The van der Waals surface area contributed by atoms with Crippen LogP contribution in [0.3, 0.4) is 0 Å². The van der Waals surface area contributed by atoms with Crippen molar-refractivity contribution in [2.75, 3.05) is 0 Å². The van der Waals surface area contributed by atoms with Gasteiger partial charge in [-0.2, -0.15) is 17.6 Å². The highest BCUT2D eigenvalue weighted by Crippen LogP contribution is 2.40. The highest BCUT2D eigenvalue weighted by atomic mass is 32.2. The maximum absolute atomic E-state index is 13.1. The molecule has 3 rings (SSSR count). The normalized spacial score (nSPS) is 21.1. The second-order valence-corrected chi connectivity index (χ2v) is 5.64. The minimum atomic E-state index is -4.66. The first-order valence-electron chi connectivity index (χ1n) is 6.00. The Kier molecular flexibility index (Phi) is 3.16. The van der Waals surface area contributed by atoms with Crippen LogP contribution in [-0.4, -0.2) is 16.2 Å². The number of benzene rings is 1. The molecule has 0 spiro atoms. The number of carbonyl (C=O) groups excluding carboxylic acids is 1. The van der Waals surface area contributed by atoms with Gasteiger partial charge in [-0.05, 0) is 6.07 Å². The number of fused-ring (bicyclic) bond motifs is 2. The Labute approximate surface area is 120 Å². The lowest BCUT2D eigenvalue weighted by molar-refractivity contribution is -0.139. The van der Waals surface area contributed by atoms with Crippen LogP contribution in [0.1, 0.15) is 17.5 Å². The lowest BCUT2D eigenvalue weighted by Gasteiger charge is -2.16. The van der Waals surface area contributed by atoms with Gasteiger partial charge in [0.25, 0.3) is 0 Å². The van der Waals surface area contributed by atoms with Crippen LogP contribution < -0.4 is 0 Å². The number of alkyl halides is 3. The first-order chi connectivity index (χ1) is 9.89. The van der Waals surface area contributed by atoms with Gasteiger partial charge < -0.3 is 0 Å². The summed E-state index contributed by atoms with van der Waals surface area (Å²) in [5, 5.41) is 0. The summed E-state index contributed by atoms with van der Waals surface area (Å²) in [6, 6.07) is 3.44. The number of halogens is 3. The summed E-state index contributed by atoms with van der Waals surface area (Å²) in [7, 11) is -2.20. The van der Waals surface area contributed by atoms with Gasteiger partial charge in [0, 0.05) is 29.3 Å². The van der Waals surface area contributed by atoms with Crippen molar-refractivity contribution >= 4 is 28.6 Å². The van der Waals surface area contributed by atoms with E-state index in [1.54, 1.807) is 12.2 Å². The van der Waals surface area contributed by atoms with E-state index in [1.165, 1.54) is 18.3 Å². The van der Waals surface area contributed by atoms with Crippen LogP contribution in [0.15, 0.2) is 45.2 Å². The highest BCUT2D eigenvalue weighted by molar-refractivity contribution is 7.84. The molecule has 0 N–H and O–H groups in total. The fraction of sp³-hybridized carbons (Fsp3) is 0.143. The average molecular weight is 311 g/mol. The molecular formula is C14H8F3NO2S. The SMILES string of the molecule is O=C1CC=CC2=C1c1cccc(C(F)(F)F)c1S(=O)N=C2. The van der Waals surface area contributed by atoms with Crippen LogP contribution in [-0.2, 0) is 22.0 Å². The second kappa shape index (κ2) is 4.77. The molecule has 3 nitrogen and oxygen atoms in total. The van der Waals surface area contributed by atoms with Gasteiger partial charge in [0.05, 0.1) is 10.5 Å². The fourth-order valence-electron chi connectivity index (χ4n) is 2.36. The quantitative estimate of drug-likeness (QED) is 0.739. The van der Waals surface area contributed by atoms with E-state index in [0.29, 0.717) is 5.57 Å². The zero-order chi connectivity index (χ0) is 15.2. The Morgan fingerprint density at radius 1 is 1.24 bits per heavy atom. The Balaban J connectivity index is 2.37. The highest BCUT2D eigenvalue weighted by Gasteiger charge is 2.38. The van der Waals surface area contributed by atoms with Crippen LogP contribution in [0.2, 0.25) is 0 Å². The molecule has 0 fully saturated rings. The van der Waals surface area contributed by atoms with E-state index in [4.69, 9.17) is 0 Å². The molecule has 1 heterocycles. The summed E-state index contributed by atoms with van der Waals surface area (Å²) < 4.78 is 55.0. The fourth-order valence-corrected chi connectivity index (χ4v) is 3.40. The molecule has 0 bridgehead atoms. The van der Waals surface area contributed by atoms with Crippen LogP contribution >= 0.6 is 0 Å². The summed E-state index contributed by atoms with van der Waals surface area (Å²) >= 11 is 0. The van der Waals surface area contributed by atoms with Gasteiger partial charge in [-0.1, -0.05) is 24.3 Å². The third-order valence-electron chi connectivity index (χ3n) is 3.22. The molecule has 7 heteroatoms. The van der Waals surface area contributed by atoms with Crippen molar-refractivity contribution in [2.24, 2.45) is 4.40 Å². The van der Waals surface area contributed by atoms with Gasteiger partial charge in [0.2, 0.25) is 0 Å². The number of rotatable bonds is 0. The molecule has 0 radical (unpaired) electrons. The molecule has 0 aromatic heterocycles. The van der Waals surface area contributed by atoms with Gasteiger partial charge in [0.15, 0.2) is 16.8 Å². The Bertz CT molecular complexity index is 760. The van der Waals surface area contributed by atoms with Gasteiger partial charge >= 0.3 is 6.18 Å². The van der Waals surface area contributed by atoms with Crippen LogP contribution in [0, 0.1) is 0 Å². The topological polar surface area (TPSA) is 46.5 Å². The molecule has 108 valence electrons. The molecule has 0 saturated carbocycles. The second-order valence-electron chi connectivity index (χ2n) is 4.52. The minimum Gasteiger partial charge on any atom is -0.294 e. The number of carbonyl (C=O) groups is 1. The largest absolute Gasteiger partial charge is 0.417 e. The van der Waals surface area contributed by atoms with Crippen molar-refractivity contribution < 1.29 is 22.2 Å². The number of nitrogens with zero attached hydrogens (tertiary/aromatic N) is 1. The third-order valence-corrected chi connectivity index (χ3v) is 4.31. The van der Waals surface area contributed by atoms with Gasteiger partial charge in [-0.25, -0.2) is 4.21 Å². The number of allylic oxidation sites excluding steroid dienone is 4. The van der Waals surface area contributed by atoms with Gasteiger partial charge in [0.1, 0.15) is 0 Å². The van der Waals surface area contributed by atoms with E-state index in [2.05, 4.69) is 4.40 Å². The Hall–Kier alpha value is -2.02. The summed E-state index contributed by atoms with van der Waals surface area (Å²) in [6.07, 6.45) is -0.148. The van der Waals surface area contributed by atoms with E-state index in [1.807, 2.05) is 0 Å². The molecule has 1 aromatic rings. The molecule has 1 aliphatic carbocycles. The van der Waals surface area contributed by atoms with Crippen LogP contribution in [0.25, 0.3) is 5.57 Å². The molecule has 1 unspecified atom stereocenters. The Morgan fingerprint density at radius 3 is 2.71 bits per heavy atom. The number of Topliss-reactive ketones (excluding diaryl/α,β-unsaturated/α-hetero) is 1. The van der Waals surface area contributed by atoms with E-state index in [0.717, 1.165) is 6.07 Å². The zero-order valence-corrected chi connectivity index (χ0v) is 11.3. The maximum Gasteiger partial charge on any atom is 0.417 e. The molecule has 1 atom stereocenters. The van der Waals surface area contributed by atoms with Crippen molar-refractivity contribution in [1.29, 1.82) is 0 Å². The smallest absolute Gasteiger partial charge is 0.294 e. The van der Waals surface area contributed by atoms with Gasteiger partial charge in [-0.15, -0.1) is 0 Å². The van der Waals surface area contributed by atoms with E-state index in [9.17, 15) is 22.2 Å². The van der Waals surface area contributed by atoms with Crippen molar-refractivity contribution in [3.8, 4) is 0 Å². The first-order valence-corrected chi connectivity index (χ1v) is 7.11. The molecule has 1 aliphatic heterocycles. The molecular weight excluding hydrogens is 303 g/mol. The Morgan fingerprint density at radius 2 is 2.00 bits per heavy atom. The van der Waals surface area contributed by atoms with E-state index < -0.39 is 27.6 Å². The minimum absolute atomic E-state index is 0.0463. The van der Waals surface area contributed by atoms with E-state index in [-0.39, 0.29) is 23.3 Å². The summed E-state index contributed by atoms with van der Waals surface area (Å²) in [5.74, 6) is -0.307. The van der Waals surface area contributed by atoms with Crippen molar-refractivity contribution in [3.05, 3.63) is 47.1 Å². The van der Waals surface area contributed by atoms with Crippen LogP contribution in [0.5, 0.6) is 0 Å². The molecule has 21 heavy (non-hydrogen) atoms. The predicted octanol–water partition coefficient (Wildman–Crippen LogP) is 3.10. The van der Waals surface area contributed by atoms with Crippen molar-refractivity contribution in [1.82, 2.24) is 0 Å². The lowest BCUT2D eigenvalue weighted by atomic mass is 9.90. The third kappa shape index (κ3) is 2.27. The summed E-state index contributed by atoms with van der Waals surface area (Å²) in [5.41, 5.74) is -0.442. The maximum atomic E-state index is 13.1. The summed E-state index contributed by atoms with van der Waals surface area (Å²) in [4.78, 5) is 11.6. The number of hydrogen-bond acceptors (Lipinski definition) is 2. The molecule has 2 aliphatic rings. The molecule has 0 saturated heterocycles.